The van der Waals surface area contributed by atoms with Gasteiger partial charge < -0.3 is 9.84 Å². The number of hydrogen-bond donors (Lipinski definition) is 1. The number of aliphatic hydroxyl groups excluding tert-OH is 1. The second-order valence-corrected chi connectivity index (χ2v) is 7.16. The summed E-state index contributed by atoms with van der Waals surface area (Å²) in [7, 11) is 0. The normalized spacial score (nSPS) is 22.1. The van der Waals surface area contributed by atoms with Crippen LogP contribution in [0, 0.1) is 0 Å². The van der Waals surface area contributed by atoms with Gasteiger partial charge in [0.15, 0.2) is 0 Å². The van der Waals surface area contributed by atoms with Gasteiger partial charge >= 0.3 is 0 Å². The van der Waals surface area contributed by atoms with Crippen LogP contribution in [0.15, 0.2) is 34.9 Å². The number of hydrogen-bond acceptors (Lipinski definition) is 2. The highest BCUT2D eigenvalue weighted by Crippen LogP contribution is 2.38. The quantitative estimate of drug-likeness (QED) is 0.437. The van der Waals surface area contributed by atoms with E-state index >= 15 is 0 Å². The predicted molar refractivity (Wildman–Crippen MR) is 95.0 cm³/mol. The monoisotopic (exact) mass is 306 g/mol. The van der Waals surface area contributed by atoms with Crippen LogP contribution in [0.1, 0.15) is 73.1 Å². The molecule has 1 atom stereocenters. The first-order chi connectivity index (χ1) is 10.3. The molecule has 0 amide bonds. The van der Waals surface area contributed by atoms with E-state index in [9.17, 15) is 0 Å². The van der Waals surface area contributed by atoms with Crippen molar-refractivity contribution in [3.63, 3.8) is 0 Å². The Morgan fingerprint density at radius 2 is 1.36 bits per heavy atom. The van der Waals surface area contributed by atoms with Gasteiger partial charge in [0.2, 0.25) is 0 Å². The molecule has 1 rings (SSSR count). The van der Waals surface area contributed by atoms with Gasteiger partial charge in [0.25, 0.3) is 0 Å². The zero-order valence-electron chi connectivity index (χ0n) is 15.1. The Morgan fingerprint density at radius 3 is 1.82 bits per heavy atom. The highest BCUT2D eigenvalue weighted by atomic mass is 16.6. The number of allylic oxidation sites excluding steroid dienone is 5. The largest absolute Gasteiger partial charge is 0.392 e. The molecule has 0 aromatic carbocycles. The smallest absolute Gasteiger partial charge is 0.0892 e. The van der Waals surface area contributed by atoms with E-state index in [-0.39, 0.29) is 12.2 Å². The van der Waals surface area contributed by atoms with Gasteiger partial charge in [0, 0.05) is 0 Å². The van der Waals surface area contributed by atoms with Gasteiger partial charge in [-0.25, -0.2) is 0 Å². The van der Waals surface area contributed by atoms with Gasteiger partial charge in [-0.1, -0.05) is 34.9 Å². The zero-order valence-corrected chi connectivity index (χ0v) is 15.1. The first kappa shape index (κ1) is 19.2. The molecule has 2 nitrogen and oxygen atoms in total. The lowest BCUT2D eigenvalue weighted by molar-refractivity contribution is 0.320. The van der Waals surface area contributed by atoms with Gasteiger partial charge in [0.1, 0.15) is 0 Å². The molecular weight excluding hydrogens is 272 g/mol. The van der Waals surface area contributed by atoms with E-state index in [0.29, 0.717) is 6.10 Å². The molecule has 1 N–H and O–H groups in total. The Labute approximate surface area is 137 Å². The number of epoxide rings is 1. The average Bonchev–Trinajstić information content (AvgIpc) is 3.04. The van der Waals surface area contributed by atoms with Crippen molar-refractivity contribution < 1.29 is 9.84 Å². The van der Waals surface area contributed by atoms with E-state index < -0.39 is 0 Å². The number of ether oxygens (including phenoxy) is 1. The summed E-state index contributed by atoms with van der Waals surface area (Å²) < 4.78 is 5.62. The van der Waals surface area contributed by atoms with Gasteiger partial charge in [-0.15, -0.1) is 0 Å². The highest BCUT2D eigenvalue weighted by Gasteiger charge is 2.46. The van der Waals surface area contributed by atoms with Crippen molar-refractivity contribution in [2.45, 2.75) is 84.8 Å². The molecule has 0 saturated carbocycles. The summed E-state index contributed by atoms with van der Waals surface area (Å²) in [5.74, 6) is 0. The lowest BCUT2D eigenvalue weighted by Gasteiger charge is -2.03. The maximum atomic E-state index is 8.82. The molecule has 0 bridgehead atoms. The van der Waals surface area contributed by atoms with Crippen molar-refractivity contribution in [1.29, 1.82) is 0 Å². The minimum atomic E-state index is 0.127. The summed E-state index contributed by atoms with van der Waals surface area (Å²) in [6, 6.07) is 0. The molecule has 1 saturated heterocycles. The van der Waals surface area contributed by atoms with Crippen LogP contribution in [0.25, 0.3) is 0 Å². The van der Waals surface area contributed by atoms with E-state index in [0.717, 1.165) is 38.5 Å². The van der Waals surface area contributed by atoms with E-state index in [2.05, 4.69) is 46.8 Å². The van der Waals surface area contributed by atoms with Crippen LogP contribution >= 0.6 is 0 Å². The van der Waals surface area contributed by atoms with Gasteiger partial charge in [0.05, 0.1) is 18.3 Å². The lowest BCUT2D eigenvalue weighted by Crippen LogP contribution is -2.02. The Hall–Kier alpha value is -0.860. The van der Waals surface area contributed by atoms with Gasteiger partial charge in [-0.2, -0.15) is 0 Å². The third-order valence-electron chi connectivity index (χ3n) is 4.47. The van der Waals surface area contributed by atoms with E-state index in [1.54, 1.807) is 0 Å². The molecule has 2 heteroatoms. The van der Waals surface area contributed by atoms with Crippen LogP contribution in [0.5, 0.6) is 0 Å². The minimum Gasteiger partial charge on any atom is -0.392 e. The van der Waals surface area contributed by atoms with Crippen molar-refractivity contribution in [1.82, 2.24) is 0 Å². The van der Waals surface area contributed by atoms with Crippen LogP contribution < -0.4 is 0 Å². The summed E-state index contributed by atoms with van der Waals surface area (Å²) >= 11 is 0. The van der Waals surface area contributed by atoms with Crippen molar-refractivity contribution in [3.05, 3.63) is 34.9 Å². The van der Waals surface area contributed by atoms with Crippen LogP contribution in [-0.2, 0) is 4.74 Å². The Bertz CT molecular complexity index is 427. The fourth-order valence-corrected chi connectivity index (χ4v) is 2.65. The SMILES string of the molecule is C/C(=C/CC/C(C)=C/CC/C(C)=C/CO)CCC1OC1(C)C. The summed E-state index contributed by atoms with van der Waals surface area (Å²) in [4.78, 5) is 0. The van der Waals surface area contributed by atoms with Crippen LogP contribution in [0.4, 0.5) is 0 Å². The molecule has 22 heavy (non-hydrogen) atoms. The van der Waals surface area contributed by atoms with Crippen LogP contribution in [-0.4, -0.2) is 23.4 Å². The summed E-state index contributed by atoms with van der Waals surface area (Å²) in [5, 5.41) is 8.82. The summed E-state index contributed by atoms with van der Waals surface area (Å²) in [6.07, 6.45) is 13.8. The summed E-state index contributed by atoms with van der Waals surface area (Å²) in [6.45, 7) is 11.0. The molecule has 0 aromatic heterocycles. The Kier molecular flexibility index (Phi) is 8.13. The Balaban J connectivity index is 2.16. The molecule has 1 fully saturated rings. The second kappa shape index (κ2) is 9.32. The molecule has 1 aliphatic rings. The maximum absolute atomic E-state index is 8.82. The van der Waals surface area contributed by atoms with E-state index in [1.165, 1.54) is 16.7 Å². The lowest BCUT2D eigenvalue weighted by atomic mass is 10.0. The fraction of sp³-hybridized carbons (Fsp3) is 0.700. The van der Waals surface area contributed by atoms with Crippen LogP contribution in [0.2, 0.25) is 0 Å². The first-order valence-electron chi connectivity index (χ1n) is 8.60. The highest BCUT2D eigenvalue weighted by molar-refractivity contribution is 5.07. The molecule has 0 spiro atoms. The zero-order chi connectivity index (χ0) is 16.6. The third-order valence-corrected chi connectivity index (χ3v) is 4.47. The predicted octanol–water partition coefficient (Wildman–Crippen LogP) is 5.34. The Morgan fingerprint density at radius 1 is 0.909 bits per heavy atom. The van der Waals surface area contributed by atoms with E-state index in [1.807, 2.05) is 6.08 Å². The number of aliphatic hydroxyl groups is 1. The molecule has 0 radical (unpaired) electrons. The van der Waals surface area contributed by atoms with E-state index in [4.69, 9.17) is 9.84 Å². The molecule has 0 aromatic rings. The maximum Gasteiger partial charge on any atom is 0.0892 e. The molecular formula is C20H34O2. The molecule has 126 valence electrons. The standard InChI is InChI=1S/C20H34O2/c1-16(9-7-11-18(3)14-15-21)8-6-10-17(2)12-13-19-20(4,5)22-19/h9-10,14,19,21H,6-8,11-13,15H2,1-5H3/b16-9+,17-10-,18-14+. The molecule has 1 unspecified atom stereocenters. The van der Waals surface area contributed by atoms with Crippen molar-refractivity contribution >= 4 is 0 Å². The van der Waals surface area contributed by atoms with Crippen molar-refractivity contribution in [3.8, 4) is 0 Å². The fourth-order valence-electron chi connectivity index (χ4n) is 2.65. The molecule has 0 aliphatic carbocycles. The number of rotatable bonds is 10. The second-order valence-electron chi connectivity index (χ2n) is 7.16. The molecule has 1 aliphatic heterocycles. The van der Waals surface area contributed by atoms with Gasteiger partial charge in [-0.05, 0) is 73.1 Å². The first-order valence-corrected chi connectivity index (χ1v) is 8.60. The van der Waals surface area contributed by atoms with Gasteiger partial charge in [-0.3, -0.25) is 0 Å². The van der Waals surface area contributed by atoms with Crippen molar-refractivity contribution in [2.75, 3.05) is 6.61 Å². The van der Waals surface area contributed by atoms with Crippen molar-refractivity contribution in [2.24, 2.45) is 0 Å². The average molecular weight is 306 g/mol. The molecule has 1 heterocycles. The minimum absolute atomic E-state index is 0.127. The third kappa shape index (κ3) is 7.95. The summed E-state index contributed by atoms with van der Waals surface area (Å²) in [5.41, 5.74) is 4.35. The van der Waals surface area contributed by atoms with Crippen LogP contribution in [0.3, 0.4) is 0 Å². The topological polar surface area (TPSA) is 32.8 Å².